The molecule has 2 atom stereocenters. The molecule has 1 aliphatic carbocycles. The molecule has 3 rings (SSSR count). The lowest BCUT2D eigenvalue weighted by molar-refractivity contribution is -0.142. The van der Waals surface area contributed by atoms with Gasteiger partial charge in [0.05, 0.1) is 37.5 Å². The molecule has 0 fully saturated rings. The number of methoxy groups -OCH3 is 2. The summed E-state index contributed by atoms with van der Waals surface area (Å²) >= 11 is 0. The predicted octanol–water partition coefficient (Wildman–Crippen LogP) is 1.94. The number of benzene rings is 1. The number of nitrogens with zero attached hydrogens (tertiary/aromatic N) is 2. The maximum absolute atomic E-state index is 12.2. The highest BCUT2D eigenvalue weighted by Gasteiger charge is 2.52. The number of esters is 2. The third-order valence-corrected chi connectivity index (χ3v) is 4.62. The van der Waals surface area contributed by atoms with Crippen molar-refractivity contribution in [2.45, 2.75) is 19.0 Å². The smallest absolute Gasteiger partial charge is 0.336 e. The fourth-order valence-corrected chi connectivity index (χ4v) is 3.53. The summed E-state index contributed by atoms with van der Waals surface area (Å²) in [4.78, 5) is 26.3. The second kappa shape index (κ2) is 6.81. The Morgan fingerprint density at radius 1 is 1.16 bits per heavy atom. The molecular formula is C19H18N2O4. The molecule has 0 aromatic heterocycles. The Morgan fingerprint density at radius 2 is 1.80 bits per heavy atom. The van der Waals surface area contributed by atoms with Crippen molar-refractivity contribution in [1.29, 1.82) is 5.26 Å². The van der Waals surface area contributed by atoms with Crippen molar-refractivity contribution in [1.82, 2.24) is 4.90 Å². The van der Waals surface area contributed by atoms with Crippen LogP contribution in [0.2, 0.25) is 0 Å². The third kappa shape index (κ3) is 2.89. The van der Waals surface area contributed by atoms with Gasteiger partial charge in [-0.1, -0.05) is 30.3 Å². The number of hydrogen-bond donors (Lipinski definition) is 0. The lowest BCUT2D eigenvalue weighted by Crippen LogP contribution is -2.53. The molecule has 1 aliphatic heterocycles. The summed E-state index contributed by atoms with van der Waals surface area (Å²) in [7, 11) is 2.57. The molecule has 0 unspecified atom stereocenters. The number of nitriles is 1. The Hall–Kier alpha value is -3.07. The quantitative estimate of drug-likeness (QED) is 0.781. The van der Waals surface area contributed by atoms with Crippen LogP contribution in [0, 0.1) is 17.2 Å². The number of ether oxygens (including phenoxy) is 2. The number of fused-ring (bicyclic) bond motifs is 1. The van der Waals surface area contributed by atoms with Crippen molar-refractivity contribution in [3.8, 4) is 6.07 Å². The van der Waals surface area contributed by atoms with E-state index < -0.39 is 11.9 Å². The monoisotopic (exact) mass is 338 g/mol. The molecule has 0 spiro atoms. The molecule has 0 radical (unpaired) electrons. The summed E-state index contributed by atoms with van der Waals surface area (Å²) in [5.74, 6) is -1.32. The third-order valence-electron chi connectivity index (χ3n) is 4.62. The molecule has 1 aromatic rings. The molecule has 0 N–H and O–H groups in total. The van der Waals surface area contributed by atoms with Crippen LogP contribution >= 0.6 is 0 Å². The average molecular weight is 338 g/mol. The Morgan fingerprint density at radius 3 is 2.40 bits per heavy atom. The van der Waals surface area contributed by atoms with Gasteiger partial charge in [0, 0.05) is 24.2 Å². The Bertz CT molecular complexity index is 804. The molecule has 6 heteroatoms. The van der Waals surface area contributed by atoms with Gasteiger partial charge in [-0.2, -0.15) is 5.26 Å². The topological polar surface area (TPSA) is 79.6 Å². The van der Waals surface area contributed by atoms with Crippen LogP contribution in [-0.4, -0.2) is 37.1 Å². The van der Waals surface area contributed by atoms with Crippen molar-refractivity contribution < 1.29 is 19.1 Å². The van der Waals surface area contributed by atoms with Crippen molar-refractivity contribution in [3.63, 3.8) is 0 Å². The minimum absolute atomic E-state index is 0.245. The number of carbonyl (C=O) groups is 2. The molecule has 1 aromatic carbocycles. The molecular weight excluding hydrogens is 320 g/mol. The van der Waals surface area contributed by atoms with Crippen LogP contribution in [0.4, 0.5) is 0 Å². The average Bonchev–Trinajstić information content (AvgIpc) is 2.63. The standard InChI is InChI=1S/C19H18N2O4/c1-24-18(22)15-14-8-13(9-20)11-21(10-12-6-4-3-5-7-12)17(14)16(15)19(23)25-2/h3-7,11,14,17H,8,10H2,1-2H3/t14-,17-/m1/s1. The summed E-state index contributed by atoms with van der Waals surface area (Å²) in [6.07, 6.45) is 2.18. The van der Waals surface area contributed by atoms with Gasteiger partial charge in [0.25, 0.3) is 0 Å². The SMILES string of the molecule is COC(=O)C1=C(C(=O)OC)[C@H]2[C@@H]1CC(C#N)=CN2Cc1ccccc1. The van der Waals surface area contributed by atoms with Gasteiger partial charge in [0.15, 0.2) is 0 Å². The van der Waals surface area contributed by atoms with Crippen LogP contribution in [0.5, 0.6) is 0 Å². The van der Waals surface area contributed by atoms with Gasteiger partial charge in [0.2, 0.25) is 0 Å². The number of hydrogen-bond acceptors (Lipinski definition) is 6. The van der Waals surface area contributed by atoms with Crippen molar-refractivity contribution in [2.24, 2.45) is 5.92 Å². The maximum atomic E-state index is 12.2. The first-order valence-corrected chi connectivity index (χ1v) is 7.91. The summed E-state index contributed by atoms with van der Waals surface area (Å²) in [5.41, 5.74) is 2.26. The van der Waals surface area contributed by atoms with Crippen LogP contribution in [0.15, 0.2) is 53.3 Å². The van der Waals surface area contributed by atoms with E-state index in [0.29, 0.717) is 29.7 Å². The van der Waals surface area contributed by atoms with E-state index in [1.54, 1.807) is 6.20 Å². The van der Waals surface area contributed by atoms with E-state index in [1.165, 1.54) is 14.2 Å². The highest BCUT2D eigenvalue weighted by molar-refractivity contribution is 6.05. The molecule has 0 saturated heterocycles. The van der Waals surface area contributed by atoms with Gasteiger partial charge in [-0.15, -0.1) is 0 Å². The first-order chi connectivity index (χ1) is 12.1. The molecule has 6 nitrogen and oxygen atoms in total. The summed E-state index contributed by atoms with van der Waals surface area (Å²) in [6.45, 7) is 0.530. The second-order valence-electron chi connectivity index (χ2n) is 5.99. The van der Waals surface area contributed by atoms with Gasteiger partial charge in [-0.05, 0) is 12.0 Å². The van der Waals surface area contributed by atoms with E-state index >= 15 is 0 Å². The lowest BCUT2D eigenvalue weighted by Gasteiger charge is -2.48. The van der Waals surface area contributed by atoms with E-state index in [0.717, 1.165) is 5.56 Å². The molecule has 0 bridgehead atoms. The van der Waals surface area contributed by atoms with Crippen molar-refractivity contribution in [2.75, 3.05) is 14.2 Å². The predicted molar refractivity (Wildman–Crippen MR) is 88.6 cm³/mol. The minimum atomic E-state index is -0.541. The zero-order valence-electron chi connectivity index (χ0n) is 14.1. The Balaban J connectivity index is 2.00. The fourth-order valence-electron chi connectivity index (χ4n) is 3.53. The largest absolute Gasteiger partial charge is 0.466 e. The van der Waals surface area contributed by atoms with E-state index in [2.05, 4.69) is 6.07 Å². The number of carbonyl (C=O) groups excluding carboxylic acids is 2. The van der Waals surface area contributed by atoms with Gasteiger partial charge in [0.1, 0.15) is 0 Å². The van der Waals surface area contributed by atoms with Crippen LogP contribution in [0.25, 0.3) is 0 Å². The molecule has 25 heavy (non-hydrogen) atoms. The normalized spacial score (nSPS) is 21.5. The van der Waals surface area contributed by atoms with Crippen molar-refractivity contribution in [3.05, 3.63) is 58.8 Å². The van der Waals surface area contributed by atoms with Crippen LogP contribution in [0.1, 0.15) is 12.0 Å². The molecule has 0 amide bonds. The summed E-state index contributed by atoms with van der Waals surface area (Å²) in [6, 6.07) is 11.6. The summed E-state index contributed by atoms with van der Waals surface area (Å²) in [5, 5.41) is 9.34. The zero-order valence-corrected chi connectivity index (χ0v) is 14.1. The zero-order chi connectivity index (χ0) is 18.0. The van der Waals surface area contributed by atoms with Crippen LogP contribution < -0.4 is 0 Å². The highest BCUT2D eigenvalue weighted by Crippen LogP contribution is 2.46. The molecule has 2 aliphatic rings. The Kier molecular flexibility index (Phi) is 4.57. The lowest BCUT2D eigenvalue weighted by atomic mass is 9.67. The molecule has 0 saturated carbocycles. The maximum Gasteiger partial charge on any atom is 0.336 e. The summed E-state index contributed by atoms with van der Waals surface area (Å²) < 4.78 is 9.69. The molecule has 128 valence electrons. The van der Waals surface area contributed by atoms with Gasteiger partial charge in [-0.3, -0.25) is 0 Å². The van der Waals surface area contributed by atoms with E-state index in [1.807, 2.05) is 35.2 Å². The minimum Gasteiger partial charge on any atom is -0.466 e. The first kappa shape index (κ1) is 16.8. The molecule has 1 heterocycles. The highest BCUT2D eigenvalue weighted by atomic mass is 16.5. The number of rotatable bonds is 4. The van der Waals surface area contributed by atoms with Crippen molar-refractivity contribution >= 4 is 11.9 Å². The van der Waals surface area contributed by atoms with Gasteiger partial charge < -0.3 is 14.4 Å². The second-order valence-corrected chi connectivity index (χ2v) is 5.99. The Labute approximate surface area is 145 Å². The van der Waals surface area contributed by atoms with E-state index in [-0.39, 0.29) is 12.0 Å². The van der Waals surface area contributed by atoms with Gasteiger partial charge >= 0.3 is 11.9 Å². The fraction of sp³-hybridized carbons (Fsp3) is 0.316. The van der Waals surface area contributed by atoms with Gasteiger partial charge in [-0.25, -0.2) is 9.59 Å². The van der Waals surface area contributed by atoms with E-state index in [9.17, 15) is 14.9 Å². The van der Waals surface area contributed by atoms with Crippen LogP contribution in [-0.2, 0) is 25.6 Å². The number of allylic oxidation sites excluding steroid dienone is 1. The van der Waals surface area contributed by atoms with Crippen LogP contribution in [0.3, 0.4) is 0 Å². The first-order valence-electron chi connectivity index (χ1n) is 7.91. The van der Waals surface area contributed by atoms with E-state index in [4.69, 9.17) is 9.47 Å².